The van der Waals surface area contributed by atoms with Gasteiger partial charge in [-0.25, -0.2) is 4.98 Å². The quantitative estimate of drug-likeness (QED) is 0.779. The highest BCUT2D eigenvalue weighted by Gasteiger charge is 2.29. The fourth-order valence-corrected chi connectivity index (χ4v) is 3.61. The summed E-state index contributed by atoms with van der Waals surface area (Å²) in [6.07, 6.45) is 6.12. The molecule has 1 saturated carbocycles. The van der Waals surface area contributed by atoms with Crippen molar-refractivity contribution in [3.63, 3.8) is 0 Å². The molecule has 7 nitrogen and oxygen atoms in total. The van der Waals surface area contributed by atoms with E-state index in [0.717, 1.165) is 54.4 Å². The highest BCUT2D eigenvalue weighted by Crippen LogP contribution is 2.38. The van der Waals surface area contributed by atoms with Crippen LogP contribution in [0.1, 0.15) is 12.8 Å². The number of fused-ring (bicyclic) bond motifs is 1. The summed E-state index contributed by atoms with van der Waals surface area (Å²) in [5, 5.41) is 8.25. The minimum Gasteiger partial charge on any atom is -0.378 e. The summed E-state index contributed by atoms with van der Waals surface area (Å²) >= 11 is 0. The lowest BCUT2D eigenvalue weighted by Gasteiger charge is -2.30. The van der Waals surface area contributed by atoms with Crippen LogP contribution in [0.15, 0.2) is 30.6 Å². The van der Waals surface area contributed by atoms with Crippen molar-refractivity contribution in [2.75, 3.05) is 43.2 Å². The van der Waals surface area contributed by atoms with Gasteiger partial charge in [0.25, 0.3) is 0 Å². The Labute approximate surface area is 152 Å². The number of ether oxygens (including phenoxy) is 1. The van der Waals surface area contributed by atoms with Crippen molar-refractivity contribution in [3.05, 3.63) is 30.6 Å². The van der Waals surface area contributed by atoms with E-state index in [0.29, 0.717) is 6.04 Å². The van der Waals surface area contributed by atoms with Gasteiger partial charge in [-0.3, -0.25) is 10.1 Å². The molecule has 134 valence electrons. The van der Waals surface area contributed by atoms with Crippen LogP contribution in [0.3, 0.4) is 0 Å². The van der Waals surface area contributed by atoms with Crippen LogP contribution in [-0.2, 0) is 4.74 Å². The predicted molar refractivity (Wildman–Crippen MR) is 102 cm³/mol. The van der Waals surface area contributed by atoms with Crippen molar-refractivity contribution < 1.29 is 4.74 Å². The molecule has 2 aliphatic rings. The molecular weight excluding hydrogens is 328 g/mol. The molecule has 0 spiro atoms. The fraction of sp³-hybridized carbons (Fsp3) is 0.421. The molecule has 1 N–H and O–H groups in total. The highest BCUT2D eigenvalue weighted by molar-refractivity contribution is 6.00. The van der Waals surface area contributed by atoms with Crippen molar-refractivity contribution >= 4 is 22.4 Å². The highest BCUT2D eigenvalue weighted by atomic mass is 16.5. The topological polar surface area (TPSA) is 70.2 Å². The van der Waals surface area contributed by atoms with Gasteiger partial charge in [-0.15, -0.1) is 0 Å². The van der Waals surface area contributed by atoms with E-state index in [4.69, 9.17) is 9.72 Å². The number of H-pyrrole nitrogens is 1. The standard InChI is InChI=1S/C19H22N6O/c1-24(13-2-3-13)16-12-17(25-8-10-26-11-9-25)22-18-14(16)4-6-20-19(18)15-5-7-21-23-15/h4-7,12-13H,2-3,8-11H2,1H3,(H,21,23). The van der Waals surface area contributed by atoms with E-state index >= 15 is 0 Å². The smallest absolute Gasteiger partial charge is 0.131 e. The number of pyridine rings is 2. The van der Waals surface area contributed by atoms with Crippen molar-refractivity contribution in [2.45, 2.75) is 18.9 Å². The first-order chi connectivity index (χ1) is 12.8. The van der Waals surface area contributed by atoms with E-state index in [1.165, 1.54) is 18.5 Å². The average Bonchev–Trinajstić information content (AvgIpc) is 3.41. The first-order valence-electron chi connectivity index (χ1n) is 9.16. The summed E-state index contributed by atoms with van der Waals surface area (Å²) in [5.74, 6) is 0.997. The van der Waals surface area contributed by atoms with Crippen LogP contribution in [-0.4, -0.2) is 59.6 Å². The molecule has 0 radical (unpaired) electrons. The molecule has 3 aromatic rings. The molecule has 2 fully saturated rings. The molecule has 5 rings (SSSR count). The Kier molecular flexibility index (Phi) is 3.74. The van der Waals surface area contributed by atoms with E-state index in [9.17, 15) is 0 Å². The van der Waals surface area contributed by atoms with E-state index < -0.39 is 0 Å². The Morgan fingerprint density at radius 2 is 2.04 bits per heavy atom. The zero-order chi connectivity index (χ0) is 17.5. The zero-order valence-corrected chi connectivity index (χ0v) is 14.9. The third-order valence-electron chi connectivity index (χ3n) is 5.26. The first-order valence-corrected chi connectivity index (χ1v) is 9.16. The number of rotatable bonds is 4. The Morgan fingerprint density at radius 1 is 1.19 bits per heavy atom. The van der Waals surface area contributed by atoms with Crippen molar-refractivity contribution in [1.29, 1.82) is 0 Å². The second-order valence-electron chi connectivity index (χ2n) is 6.97. The second-order valence-corrected chi connectivity index (χ2v) is 6.97. The number of morpholine rings is 1. The monoisotopic (exact) mass is 350 g/mol. The maximum Gasteiger partial charge on any atom is 0.131 e. The minimum atomic E-state index is 0.627. The molecule has 0 amide bonds. The van der Waals surface area contributed by atoms with Gasteiger partial charge in [0.1, 0.15) is 17.0 Å². The molecule has 0 atom stereocenters. The number of nitrogens with one attached hydrogen (secondary N) is 1. The number of anilines is 2. The van der Waals surface area contributed by atoms with Crippen LogP contribution in [0.25, 0.3) is 22.3 Å². The van der Waals surface area contributed by atoms with Gasteiger partial charge in [-0.2, -0.15) is 5.10 Å². The molecule has 4 heterocycles. The summed E-state index contributed by atoms with van der Waals surface area (Å²) in [6.45, 7) is 3.22. The lowest BCUT2D eigenvalue weighted by molar-refractivity contribution is 0.122. The van der Waals surface area contributed by atoms with Crippen LogP contribution in [0.2, 0.25) is 0 Å². The average molecular weight is 350 g/mol. The van der Waals surface area contributed by atoms with Gasteiger partial charge in [0, 0.05) is 55.7 Å². The summed E-state index contributed by atoms with van der Waals surface area (Å²) in [4.78, 5) is 14.3. The molecule has 1 aliphatic carbocycles. The van der Waals surface area contributed by atoms with Crippen LogP contribution in [0.5, 0.6) is 0 Å². The van der Waals surface area contributed by atoms with Gasteiger partial charge >= 0.3 is 0 Å². The second kappa shape index (κ2) is 6.25. The summed E-state index contributed by atoms with van der Waals surface area (Å²) in [6, 6.07) is 6.86. The molecule has 0 aromatic carbocycles. The van der Waals surface area contributed by atoms with Gasteiger partial charge in [0.2, 0.25) is 0 Å². The van der Waals surface area contributed by atoms with Gasteiger partial charge in [0.15, 0.2) is 0 Å². The Hall–Kier alpha value is -2.67. The Balaban J connectivity index is 1.71. The van der Waals surface area contributed by atoms with Crippen molar-refractivity contribution in [1.82, 2.24) is 20.2 Å². The molecule has 0 unspecified atom stereocenters. The van der Waals surface area contributed by atoms with Gasteiger partial charge in [0.05, 0.1) is 18.9 Å². The number of aromatic amines is 1. The van der Waals surface area contributed by atoms with Gasteiger partial charge < -0.3 is 14.5 Å². The SMILES string of the molecule is CN(c1cc(N2CCOCC2)nc2c(-c3ccn[nH]3)nccc12)C1CC1. The number of hydrogen-bond donors (Lipinski definition) is 1. The molecule has 0 bridgehead atoms. The Morgan fingerprint density at radius 3 is 2.77 bits per heavy atom. The van der Waals surface area contributed by atoms with E-state index in [1.54, 1.807) is 6.20 Å². The summed E-state index contributed by atoms with van der Waals surface area (Å²) < 4.78 is 5.51. The van der Waals surface area contributed by atoms with Gasteiger partial charge in [-0.05, 0) is 25.0 Å². The maximum atomic E-state index is 5.51. The third-order valence-corrected chi connectivity index (χ3v) is 5.26. The predicted octanol–water partition coefficient (Wildman–Crippen LogP) is 2.46. The zero-order valence-electron chi connectivity index (χ0n) is 14.9. The van der Waals surface area contributed by atoms with Crippen molar-refractivity contribution in [3.8, 4) is 11.4 Å². The first kappa shape index (κ1) is 15.6. The van der Waals surface area contributed by atoms with Gasteiger partial charge in [-0.1, -0.05) is 0 Å². The van der Waals surface area contributed by atoms with Crippen LogP contribution in [0, 0.1) is 0 Å². The molecule has 26 heavy (non-hydrogen) atoms. The number of nitrogens with zero attached hydrogens (tertiary/aromatic N) is 5. The van der Waals surface area contributed by atoms with E-state index in [1.807, 2.05) is 12.3 Å². The van der Waals surface area contributed by atoms with E-state index in [-0.39, 0.29) is 0 Å². The lowest BCUT2D eigenvalue weighted by atomic mass is 10.1. The van der Waals surface area contributed by atoms with Crippen molar-refractivity contribution in [2.24, 2.45) is 0 Å². The normalized spacial score (nSPS) is 17.7. The third kappa shape index (κ3) is 2.68. The molecule has 3 aromatic heterocycles. The lowest BCUT2D eigenvalue weighted by Crippen LogP contribution is -2.37. The van der Waals surface area contributed by atoms with Crippen LogP contribution >= 0.6 is 0 Å². The Bertz CT molecular complexity index is 915. The molecule has 1 aliphatic heterocycles. The van der Waals surface area contributed by atoms with E-state index in [2.05, 4.69) is 44.2 Å². The minimum absolute atomic E-state index is 0.627. The molecule has 1 saturated heterocycles. The summed E-state index contributed by atoms with van der Waals surface area (Å²) in [5.41, 5.74) is 3.88. The maximum absolute atomic E-state index is 5.51. The molecule has 7 heteroatoms. The number of hydrogen-bond acceptors (Lipinski definition) is 6. The summed E-state index contributed by atoms with van der Waals surface area (Å²) in [7, 11) is 2.19. The van der Waals surface area contributed by atoms with Crippen LogP contribution in [0.4, 0.5) is 11.5 Å². The largest absolute Gasteiger partial charge is 0.378 e. The fourth-order valence-electron chi connectivity index (χ4n) is 3.61. The van der Waals surface area contributed by atoms with Crippen LogP contribution < -0.4 is 9.80 Å². The number of aromatic nitrogens is 4. The molecular formula is C19H22N6O.